The van der Waals surface area contributed by atoms with Crippen molar-refractivity contribution >= 4 is 15.9 Å². The van der Waals surface area contributed by atoms with Crippen LogP contribution in [-0.2, 0) is 14.8 Å². The summed E-state index contributed by atoms with van der Waals surface area (Å²) in [5.41, 5.74) is 0.375. The fourth-order valence-electron chi connectivity index (χ4n) is 4.70. The second-order valence-electron chi connectivity index (χ2n) is 8.72. The minimum atomic E-state index is -3.65. The summed E-state index contributed by atoms with van der Waals surface area (Å²) in [6.07, 6.45) is 3.00. The molecule has 1 atom stereocenters. The van der Waals surface area contributed by atoms with Crippen molar-refractivity contribution in [2.75, 3.05) is 32.8 Å². The van der Waals surface area contributed by atoms with E-state index in [4.69, 9.17) is 9.26 Å². The number of ether oxygens (including phenoxy) is 1. The number of hydrogen-bond acceptors (Lipinski definition) is 6. The number of carbonyl (C=O) groups excluding carboxylic acids is 1. The lowest BCUT2D eigenvalue weighted by Gasteiger charge is -2.32. The number of aromatic nitrogens is 1. The van der Waals surface area contributed by atoms with Crippen LogP contribution in [0, 0.1) is 25.7 Å². The largest absolute Gasteiger partial charge is 0.494 e. The number of likely N-dealkylation sites (tertiary alicyclic amines) is 1. The molecule has 32 heavy (non-hydrogen) atoms. The van der Waals surface area contributed by atoms with Gasteiger partial charge in [-0.2, -0.15) is 4.31 Å². The normalized spacial score (nSPS) is 20.6. The number of sulfonamides is 1. The van der Waals surface area contributed by atoms with Crippen LogP contribution in [0.15, 0.2) is 39.8 Å². The molecule has 3 heterocycles. The highest BCUT2D eigenvalue weighted by atomic mass is 32.2. The number of hydrogen-bond donors (Lipinski definition) is 0. The van der Waals surface area contributed by atoms with Crippen molar-refractivity contribution in [2.24, 2.45) is 11.8 Å². The van der Waals surface area contributed by atoms with Crippen LogP contribution in [-0.4, -0.2) is 61.5 Å². The van der Waals surface area contributed by atoms with Gasteiger partial charge in [0.05, 0.1) is 6.61 Å². The third-order valence-corrected chi connectivity index (χ3v) is 8.65. The van der Waals surface area contributed by atoms with E-state index >= 15 is 0 Å². The molecule has 0 bridgehead atoms. The van der Waals surface area contributed by atoms with Gasteiger partial charge < -0.3 is 14.2 Å². The van der Waals surface area contributed by atoms with Crippen LogP contribution < -0.4 is 4.74 Å². The number of para-hydroxylation sites is 1. The number of nitrogens with zero attached hydrogens (tertiary/aromatic N) is 3. The zero-order chi connectivity index (χ0) is 22.7. The molecular weight excluding hydrogens is 430 g/mol. The summed E-state index contributed by atoms with van der Waals surface area (Å²) in [5, 5.41) is 3.77. The number of carbonyl (C=O) groups is 1. The molecule has 0 saturated carbocycles. The molecule has 0 spiro atoms. The van der Waals surface area contributed by atoms with Crippen LogP contribution in [0.25, 0.3) is 0 Å². The lowest BCUT2D eigenvalue weighted by molar-refractivity contribution is -0.135. The summed E-state index contributed by atoms with van der Waals surface area (Å²) >= 11 is 0. The van der Waals surface area contributed by atoms with Crippen molar-refractivity contribution < 1.29 is 22.5 Å². The number of amides is 1. The number of piperidine rings is 1. The van der Waals surface area contributed by atoms with Crippen LogP contribution >= 0.6 is 0 Å². The highest BCUT2D eigenvalue weighted by molar-refractivity contribution is 7.89. The second kappa shape index (κ2) is 9.62. The maximum absolute atomic E-state index is 13.0. The summed E-state index contributed by atoms with van der Waals surface area (Å²) < 4.78 is 38.3. The molecule has 2 fully saturated rings. The van der Waals surface area contributed by atoms with Gasteiger partial charge in [0.25, 0.3) is 0 Å². The van der Waals surface area contributed by atoms with Crippen LogP contribution in [0.5, 0.6) is 5.75 Å². The lowest BCUT2D eigenvalue weighted by atomic mass is 9.96. The molecule has 174 valence electrons. The smallest absolute Gasteiger partial charge is 0.248 e. The van der Waals surface area contributed by atoms with E-state index in [2.05, 4.69) is 5.16 Å². The highest BCUT2D eigenvalue weighted by Crippen LogP contribution is 2.30. The van der Waals surface area contributed by atoms with E-state index in [9.17, 15) is 13.2 Å². The fraction of sp³-hybridized carbons (Fsp3) is 0.565. The predicted molar refractivity (Wildman–Crippen MR) is 119 cm³/mol. The third kappa shape index (κ3) is 4.83. The van der Waals surface area contributed by atoms with E-state index in [1.807, 2.05) is 35.2 Å². The van der Waals surface area contributed by atoms with Gasteiger partial charge in [0, 0.05) is 32.1 Å². The van der Waals surface area contributed by atoms with Gasteiger partial charge in [-0.25, -0.2) is 8.42 Å². The minimum Gasteiger partial charge on any atom is -0.494 e. The predicted octanol–water partition coefficient (Wildman–Crippen LogP) is 3.01. The molecule has 9 heteroatoms. The number of aryl methyl sites for hydroxylation is 2. The highest BCUT2D eigenvalue weighted by Gasteiger charge is 2.37. The number of benzene rings is 1. The molecule has 1 aromatic heterocycles. The maximum atomic E-state index is 13.0. The van der Waals surface area contributed by atoms with Gasteiger partial charge >= 0.3 is 0 Å². The molecule has 1 unspecified atom stereocenters. The zero-order valence-corrected chi connectivity index (χ0v) is 19.5. The molecule has 4 rings (SSSR count). The van der Waals surface area contributed by atoms with Gasteiger partial charge in [-0.05, 0) is 57.6 Å². The summed E-state index contributed by atoms with van der Waals surface area (Å²) in [7, 11) is -3.65. The van der Waals surface area contributed by atoms with E-state index in [1.54, 1.807) is 13.8 Å². The SMILES string of the molecule is Cc1noc(C)c1S(=O)(=O)N1CCC(C(=O)N2CCC(CCOc3ccccc3)C2)CC1. The first-order valence-electron chi connectivity index (χ1n) is 11.3. The molecule has 0 N–H and O–H groups in total. The standard InChI is InChI=1S/C23H31N3O5S/c1-17-22(18(2)31-24-17)32(28,29)26-13-9-20(10-14-26)23(27)25-12-8-19(16-25)11-15-30-21-6-4-3-5-7-21/h3-7,19-20H,8-16H2,1-2H3. The van der Waals surface area contributed by atoms with E-state index in [0.717, 1.165) is 31.7 Å². The number of rotatable bonds is 7. The van der Waals surface area contributed by atoms with Gasteiger partial charge in [-0.1, -0.05) is 23.4 Å². The van der Waals surface area contributed by atoms with Gasteiger partial charge in [0.1, 0.15) is 16.3 Å². The van der Waals surface area contributed by atoms with E-state index in [1.165, 1.54) is 4.31 Å². The minimum absolute atomic E-state index is 0.120. The molecule has 2 aliphatic rings. The summed E-state index contributed by atoms with van der Waals surface area (Å²) in [4.78, 5) is 15.1. The van der Waals surface area contributed by atoms with Crippen molar-refractivity contribution in [3.63, 3.8) is 0 Å². The molecular formula is C23H31N3O5S. The van der Waals surface area contributed by atoms with Gasteiger partial charge in [-0.15, -0.1) is 0 Å². The topological polar surface area (TPSA) is 93.0 Å². The molecule has 2 aromatic rings. The Bertz CT molecular complexity index is 1010. The van der Waals surface area contributed by atoms with Crippen molar-refractivity contribution in [1.29, 1.82) is 0 Å². The molecule has 0 radical (unpaired) electrons. The first-order valence-corrected chi connectivity index (χ1v) is 12.7. The molecule has 2 saturated heterocycles. The molecule has 1 aromatic carbocycles. The maximum Gasteiger partial charge on any atom is 0.248 e. The second-order valence-corrected chi connectivity index (χ2v) is 10.6. The Kier molecular flexibility index (Phi) is 6.85. The molecule has 1 amide bonds. The Hall–Kier alpha value is -2.39. The molecule has 2 aliphatic heterocycles. The van der Waals surface area contributed by atoms with Gasteiger partial charge in [0.15, 0.2) is 5.76 Å². The van der Waals surface area contributed by atoms with Gasteiger partial charge in [0.2, 0.25) is 15.9 Å². The van der Waals surface area contributed by atoms with Crippen molar-refractivity contribution in [3.05, 3.63) is 41.8 Å². The summed E-state index contributed by atoms with van der Waals surface area (Å²) in [6, 6.07) is 9.77. The first kappa shape index (κ1) is 22.8. The van der Waals surface area contributed by atoms with Crippen LogP contribution in [0.3, 0.4) is 0 Å². The van der Waals surface area contributed by atoms with E-state index in [0.29, 0.717) is 49.9 Å². The van der Waals surface area contributed by atoms with Crippen LogP contribution in [0.4, 0.5) is 0 Å². The van der Waals surface area contributed by atoms with Crippen molar-refractivity contribution in [1.82, 2.24) is 14.4 Å². The molecule has 8 nitrogen and oxygen atoms in total. The summed E-state index contributed by atoms with van der Waals surface area (Å²) in [5.74, 6) is 1.66. The lowest BCUT2D eigenvalue weighted by Crippen LogP contribution is -2.44. The molecule has 0 aliphatic carbocycles. The summed E-state index contributed by atoms with van der Waals surface area (Å²) in [6.45, 7) is 6.10. The van der Waals surface area contributed by atoms with Crippen molar-refractivity contribution in [3.8, 4) is 5.75 Å². The average molecular weight is 462 g/mol. The quantitative estimate of drug-likeness (QED) is 0.629. The Morgan fingerprint density at radius 1 is 1.12 bits per heavy atom. The zero-order valence-electron chi connectivity index (χ0n) is 18.7. The Morgan fingerprint density at radius 2 is 1.84 bits per heavy atom. The Labute approximate surface area is 189 Å². The monoisotopic (exact) mass is 461 g/mol. The van der Waals surface area contributed by atoms with Crippen molar-refractivity contribution in [2.45, 2.75) is 44.4 Å². The fourth-order valence-corrected chi connectivity index (χ4v) is 6.46. The van der Waals surface area contributed by atoms with E-state index in [-0.39, 0.29) is 16.7 Å². The Balaban J connectivity index is 1.25. The van der Waals surface area contributed by atoms with Crippen LogP contribution in [0.2, 0.25) is 0 Å². The third-order valence-electron chi connectivity index (χ3n) is 6.50. The van der Waals surface area contributed by atoms with Crippen LogP contribution in [0.1, 0.15) is 37.1 Å². The van der Waals surface area contributed by atoms with Gasteiger partial charge in [-0.3, -0.25) is 4.79 Å². The Morgan fingerprint density at radius 3 is 2.50 bits per heavy atom. The van der Waals surface area contributed by atoms with E-state index < -0.39 is 10.0 Å². The first-order chi connectivity index (χ1) is 15.4. The average Bonchev–Trinajstić information content (AvgIpc) is 3.40.